The van der Waals surface area contributed by atoms with E-state index in [0.717, 1.165) is 0 Å². The second-order valence-electron chi connectivity index (χ2n) is 4.76. The van der Waals surface area contributed by atoms with Crippen molar-refractivity contribution in [3.05, 3.63) is 16.6 Å². The molecule has 1 saturated carbocycles. The van der Waals surface area contributed by atoms with Crippen LogP contribution in [0.4, 0.5) is 0 Å². The molecule has 1 aliphatic carbocycles. The SMILES string of the molecule is COc1cc(Br)c(S(=O)(=O)NCCNC2CC2)cc1OC. The molecule has 1 fully saturated rings. The van der Waals surface area contributed by atoms with E-state index in [4.69, 9.17) is 9.47 Å². The number of methoxy groups -OCH3 is 2. The van der Waals surface area contributed by atoms with Gasteiger partial charge in [0.1, 0.15) is 4.90 Å². The lowest BCUT2D eigenvalue weighted by molar-refractivity contribution is 0.353. The average Bonchev–Trinajstić information content (AvgIpc) is 3.27. The van der Waals surface area contributed by atoms with Gasteiger partial charge in [-0.2, -0.15) is 0 Å². The number of hydrogen-bond acceptors (Lipinski definition) is 5. The highest BCUT2D eigenvalue weighted by molar-refractivity contribution is 9.10. The van der Waals surface area contributed by atoms with Crippen molar-refractivity contribution in [3.63, 3.8) is 0 Å². The van der Waals surface area contributed by atoms with E-state index in [1.165, 1.54) is 33.1 Å². The molecule has 0 aliphatic heterocycles. The van der Waals surface area contributed by atoms with Crippen molar-refractivity contribution >= 4 is 26.0 Å². The molecule has 1 aliphatic rings. The third kappa shape index (κ3) is 4.32. The molecular formula is C13H19BrN2O4S. The van der Waals surface area contributed by atoms with Crippen LogP contribution in [-0.2, 0) is 10.0 Å². The number of halogens is 1. The maximum atomic E-state index is 12.3. The summed E-state index contributed by atoms with van der Waals surface area (Å²) in [5, 5.41) is 3.25. The van der Waals surface area contributed by atoms with Gasteiger partial charge in [0.2, 0.25) is 10.0 Å². The Bertz CT molecular complexity index is 602. The van der Waals surface area contributed by atoms with Gasteiger partial charge in [-0.3, -0.25) is 0 Å². The molecule has 6 nitrogen and oxygen atoms in total. The smallest absolute Gasteiger partial charge is 0.241 e. The van der Waals surface area contributed by atoms with E-state index in [1.807, 2.05) is 0 Å². The summed E-state index contributed by atoms with van der Waals surface area (Å²) in [6, 6.07) is 3.58. The van der Waals surface area contributed by atoms with Crippen LogP contribution in [0.15, 0.2) is 21.5 Å². The van der Waals surface area contributed by atoms with Gasteiger partial charge in [-0.25, -0.2) is 13.1 Å². The molecule has 118 valence electrons. The van der Waals surface area contributed by atoms with Crippen molar-refractivity contribution in [2.75, 3.05) is 27.3 Å². The maximum Gasteiger partial charge on any atom is 0.241 e. The molecule has 0 amide bonds. The zero-order valence-electron chi connectivity index (χ0n) is 12.0. The monoisotopic (exact) mass is 378 g/mol. The Morgan fingerprint density at radius 3 is 2.38 bits per heavy atom. The van der Waals surface area contributed by atoms with Crippen LogP contribution in [0, 0.1) is 0 Å². The molecule has 21 heavy (non-hydrogen) atoms. The summed E-state index contributed by atoms with van der Waals surface area (Å²) in [4.78, 5) is 0.131. The Hall–Kier alpha value is -0.830. The predicted octanol–water partition coefficient (Wildman–Crippen LogP) is 1.50. The van der Waals surface area contributed by atoms with E-state index in [0.29, 0.717) is 35.1 Å². The first-order chi connectivity index (χ1) is 9.97. The van der Waals surface area contributed by atoms with E-state index < -0.39 is 10.0 Å². The first-order valence-electron chi connectivity index (χ1n) is 6.62. The van der Waals surface area contributed by atoms with Crippen molar-refractivity contribution in [2.45, 2.75) is 23.8 Å². The predicted molar refractivity (Wildman–Crippen MR) is 83.5 cm³/mol. The molecule has 0 spiro atoms. The van der Waals surface area contributed by atoms with Crippen LogP contribution in [0.5, 0.6) is 11.5 Å². The van der Waals surface area contributed by atoms with E-state index >= 15 is 0 Å². The quantitative estimate of drug-likeness (QED) is 0.670. The van der Waals surface area contributed by atoms with Crippen molar-refractivity contribution in [3.8, 4) is 11.5 Å². The molecule has 2 rings (SSSR count). The fraction of sp³-hybridized carbons (Fsp3) is 0.538. The van der Waals surface area contributed by atoms with Crippen LogP contribution in [-0.4, -0.2) is 41.8 Å². The number of ether oxygens (including phenoxy) is 2. The summed E-state index contributed by atoms with van der Waals surface area (Å²) in [5.41, 5.74) is 0. The molecule has 1 aromatic rings. The molecule has 0 radical (unpaired) electrons. The fourth-order valence-corrected chi connectivity index (χ4v) is 3.93. The number of hydrogen-bond donors (Lipinski definition) is 2. The zero-order valence-corrected chi connectivity index (χ0v) is 14.4. The van der Waals surface area contributed by atoms with Crippen LogP contribution in [0.1, 0.15) is 12.8 Å². The highest BCUT2D eigenvalue weighted by atomic mass is 79.9. The minimum atomic E-state index is -3.60. The topological polar surface area (TPSA) is 76.7 Å². The molecule has 0 atom stereocenters. The first kappa shape index (κ1) is 16.5. The molecule has 0 saturated heterocycles. The number of benzene rings is 1. The number of nitrogens with one attached hydrogen (secondary N) is 2. The molecule has 0 aromatic heterocycles. The highest BCUT2D eigenvalue weighted by Gasteiger charge is 2.22. The second-order valence-corrected chi connectivity index (χ2v) is 7.35. The van der Waals surface area contributed by atoms with Gasteiger partial charge in [0.05, 0.1) is 14.2 Å². The van der Waals surface area contributed by atoms with Crippen molar-refractivity contribution in [1.82, 2.24) is 10.0 Å². The van der Waals surface area contributed by atoms with Gasteiger partial charge in [0.25, 0.3) is 0 Å². The van der Waals surface area contributed by atoms with Crippen LogP contribution in [0.2, 0.25) is 0 Å². The Morgan fingerprint density at radius 2 is 1.81 bits per heavy atom. The van der Waals surface area contributed by atoms with E-state index in [1.54, 1.807) is 6.07 Å². The Labute approximate surface area is 133 Å². The lowest BCUT2D eigenvalue weighted by atomic mass is 10.3. The van der Waals surface area contributed by atoms with E-state index in [9.17, 15) is 8.42 Å². The summed E-state index contributed by atoms with van der Waals surface area (Å²) >= 11 is 3.26. The summed E-state index contributed by atoms with van der Waals surface area (Å²) in [6.07, 6.45) is 2.35. The Kier molecular flexibility index (Phi) is 5.48. The number of sulfonamides is 1. The third-order valence-electron chi connectivity index (χ3n) is 3.16. The molecule has 2 N–H and O–H groups in total. The minimum Gasteiger partial charge on any atom is -0.493 e. The molecular weight excluding hydrogens is 360 g/mol. The van der Waals surface area contributed by atoms with Gasteiger partial charge < -0.3 is 14.8 Å². The highest BCUT2D eigenvalue weighted by Crippen LogP contribution is 2.35. The van der Waals surface area contributed by atoms with Crippen LogP contribution >= 0.6 is 15.9 Å². The second kappa shape index (κ2) is 6.95. The Balaban J connectivity index is 2.10. The minimum absolute atomic E-state index is 0.131. The molecule has 0 unspecified atom stereocenters. The van der Waals surface area contributed by atoms with Gasteiger partial charge in [0.15, 0.2) is 11.5 Å². The normalized spacial score (nSPS) is 15.0. The van der Waals surface area contributed by atoms with Crippen molar-refractivity contribution in [1.29, 1.82) is 0 Å². The zero-order chi connectivity index (χ0) is 15.5. The van der Waals surface area contributed by atoms with E-state index in [2.05, 4.69) is 26.0 Å². The van der Waals surface area contributed by atoms with Crippen LogP contribution in [0.25, 0.3) is 0 Å². The fourth-order valence-electron chi connectivity index (χ4n) is 1.87. The van der Waals surface area contributed by atoms with Gasteiger partial charge in [-0.15, -0.1) is 0 Å². The summed E-state index contributed by atoms with van der Waals surface area (Å²) in [6.45, 7) is 0.967. The largest absolute Gasteiger partial charge is 0.493 e. The summed E-state index contributed by atoms with van der Waals surface area (Å²) < 4.78 is 37.9. The molecule has 1 aromatic carbocycles. The number of rotatable bonds is 8. The van der Waals surface area contributed by atoms with Gasteiger partial charge >= 0.3 is 0 Å². The molecule has 0 bridgehead atoms. The van der Waals surface area contributed by atoms with Crippen LogP contribution in [0.3, 0.4) is 0 Å². The lowest BCUT2D eigenvalue weighted by Crippen LogP contribution is -2.32. The summed E-state index contributed by atoms with van der Waals surface area (Å²) in [7, 11) is -0.631. The van der Waals surface area contributed by atoms with Crippen molar-refractivity contribution in [2.24, 2.45) is 0 Å². The Morgan fingerprint density at radius 1 is 1.19 bits per heavy atom. The average molecular weight is 379 g/mol. The van der Waals surface area contributed by atoms with Crippen LogP contribution < -0.4 is 19.5 Å². The van der Waals surface area contributed by atoms with E-state index in [-0.39, 0.29) is 4.90 Å². The standard InChI is InChI=1S/C13H19BrN2O4S/c1-19-11-7-10(14)13(8-12(11)20-2)21(17,18)16-6-5-15-9-3-4-9/h7-9,15-16H,3-6H2,1-2H3. The first-order valence-corrected chi connectivity index (χ1v) is 8.90. The lowest BCUT2D eigenvalue weighted by Gasteiger charge is -2.13. The molecule has 0 heterocycles. The van der Waals surface area contributed by atoms with Gasteiger partial charge in [0, 0.05) is 29.7 Å². The van der Waals surface area contributed by atoms with Gasteiger partial charge in [-0.1, -0.05) is 0 Å². The summed E-state index contributed by atoms with van der Waals surface area (Å²) in [5.74, 6) is 0.843. The van der Waals surface area contributed by atoms with Crippen molar-refractivity contribution < 1.29 is 17.9 Å². The third-order valence-corrected chi connectivity index (χ3v) is 5.57. The van der Waals surface area contributed by atoms with Gasteiger partial charge in [-0.05, 0) is 34.8 Å². The molecule has 8 heteroatoms. The maximum absolute atomic E-state index is 12.3.